The van der Waals surface area contributed by atoms with E-state index in [-0.39, 0.29) is 6.61 Å². The molecule has 2 rings (SSSR count). The maximum absolute atomic E-state index is 13.4. The molecular weight excluding hydrogens is 239 g/mol. The second kappa shape index (κ2) is 5.75. The van der Waals surface area contributed by atoms with Gasteiger partial charge in [0, 0.05) is 0 Å². The molecule has 1 aromatic rings. The molecule has 0 aliphatic carbocycles. The summed E-state index contributed by atoms with van der Waals surface area (Å²) in [4.78, 5) is 0. The number of halogens is 1. The Morgan fingerprint density at radius 3 is 2.61 bits per heavy atom. The summed E-state index contributed by atoms with van der Waals surface area (Å²) >= 11 is 0. The fourth-order valence-corrected chi connectivity index (χ4v) is 2.00. The Labute approximate surface area is 105 Å². The predicted octanol–water partition coefficient (Wildman–Crippen LogP) is 1.01. The van der Waals surface area contributed by atoms with Crippen LogP contribution in [-0.2, 0) is 16.1 Å². The van der Waals surface area contributed by atoms with Crippen LogP contribution in [0.5, 0.6) is 0 Å². The largest absolute Gasteiger partial charge is 0.387 e. The SMILES string of the molecule is CC1OC(O)C(F)C(O)C1OCc1ccccc1. The molecule has 4 nitrogen and oxygen atoms in total. The number of aliphatic hydroxyl groups is 2. The highest BCUT2D eigenvalue weighted by Gasteiger charge is 2.43. The van der Waals surface area contributed by atoms with Gasteiger partial charge in [-0.15, -0.1) is 0 Å². The van der Waals surface area contributed by atoms with Gasteiger partial charge < -0.3 is 19.7 Å². The fraction of sp³-hybridized carbons (Fsp3) is 0.538. The molecule has 0 bridgehead atoms. The summed E-state index contributed by atoms with van der Waals surface area (Å²) in [5.74, 6) is 0. The van der Waals surface area contributed by atoms with E-state index in [4.69, 9.17) is 9.47 Å². The maximum atomic E-state index is 13.4. The monoisotopic (exact) mass is 256 g/mol. The predicted molar refractivity (Wildman–Crippen MR) is 62.5 cm³/mol. The third-order valence-corrected chi connectivity index (χ3v) is 3.04. The highest BCUT2D eigenvalue weighted by Crippen LogP contribution is 2.25. The smallest absolute Gasteiger partial charge is 0.189 e. The minimum Gasteiger partial charge on any atom is -0.387 e. The van der Waals surface area contributed by atoms with Crippen LogP contribution in [0.2, 0.25) is 0 Å². The lowest BCUT2D eigenvalue weighted by atomic mass is 10.0. The lowest BCUT2D eigenvalue weighted by molar-refractivity contribution is -0.271. The van der Waals surface area contributed by atoms with Gasteiger partial charge >= 0.3 is 0 Å². The second-order valence-electron chi connectivity index (χ2n) is 4.43. The van der Waals surface area contributed by atoms with E-state index < -0.39 is 30.8 Å². The number of hydrogen-bond donors (Lipinski definition) is 2. The molecule has 0 saturated carbocycles. The first kappa shape index (κ1) is 13.4. The van der Waals surface area contributed by atoms with Crippen molar-refractivity contribution < 1.29 is 24.1 Å². The fourth-order valence-electron chi connectivity index (χ4n) is 2.00. The molecule has 2 N–H and O–H groups in total. The highest BCUT2D eigenvalue weighted by molar-refractivity contribution is 5.13. The van der Waals surface area contributed by atoms with Crippen molar-refractivity contribution in [2.75, 3.05) is 0 Å². The number of hydrogen-bond acceptors (Lipinski definition) is 4. The average molecular weight is 256 g/mol. The van der Waals surface area contributed by atoms with Gasteiger partial charge in [0.05, 0.1) is 12.7 Å². The molecular formula is C13H17FO4. The molecule has 1 aliphatic rings. The van der Waals surface area contributed by atoms with Crippen LogP contribution in [0.1, 0.15) is 12.5 Å². The highest BCUT2D eigenvalue weighted by atomic mass is 19.1. The summed E-state index contributed by atoms with van der Waals surface area (Å²) in [7, 11) is 0. The maximum Gasteiger partial charge on any atom is 0.189 e. The van der Waals surface area contributed by atoms with Crippen molar-refractivity contribution in [2.24, 2.45) is 0 Å². The van der Waals surface area contributed by atoms with E-state index in [0.29, 0.717) is 0 Å². The van der Waals surface area contributed by atoms with Crippen molar-refractivity contribution in [3.8, 4) is 0 Å². The van der Waals surface area contributed by atoms with E-state index in [0.717, 1.165) is 5.56 Å². The minimum absolute atomic E-state index is 0.263. The molecule has 100 valence electrons. The summed E-state index contributed by atoms with van der Waals surface area (Å²) in [6.07, 6.45) is -6.17. The van der Waals surface area contributed by atoms with E-state index in [1.165, 1.54) is 0 Å². The standard InChI is InChI=1S/C13H17FO4/c1-8-12(11(15)10(14)13(16)18-8)17-7-9-5-3-2-4-6-9/h2-6,8,10-13,15-16H,7H2,1H3. The molecule has 0 spiro atoms. The van der Waals surface area contributed by atoms with Gasteiger partial charge in [-0.25, -0.2) is 4.39 Å². The van der Waals surface area contributed by atoms with Crippen molar-refractivity contribution in [3.05, 3.63) is 35.9 Å². The first-order chi connectivity index (χ1) is 8.59. The summed E-state index contributed by atoms with van der Waals surface area (Å²) in [6, 6.07) is 9.39. The van der Waals surface area contributed by atoms with Crippen molar-refractivity contribution in [1.29, 1.82) is 0 Å². The van der Waals surface area contributed by atoms with Crippen molar-refractivity contribution in [3.63, 3.8) is 0 Å². The molecule has 18 heavy (non-hydrogen) atoms. The van der Waals surface area contributed by atoms with E-state index in [9.17, 15) is 14.6 Å². The number of rotatable bonds is 3. The van der Waals surface area contributed by atoms with Crippen LogP contribution in [0.4, 0.5) is 4.39 Å². The Balaban J connectivity index is 1.96. The third-order valence-electron chi connectivity index (χ3n) is 3.04. The van der Waals surface area contributed by atoms with E-state index in [2.05, 4.69) is 0 Å². The second-order valence-corrected chi connectivity index (χ2v) is 4.43. The lowest BCUT2D eigenvalue weighted by Crippen LogP contribution is -2.55. The van der Waals surface area contributed by atoms with Crippen LogP contribution in [0, 0.1) is 0 Å². The molecule has 0 radical (unpaired) electrons. The van der Waals surface area contributed by atoms with Crippen molar-refractivity contribution in [1.82, 2.24) is 0 Å². The van der Waals surface area contributed by atoms with Crippen LogP contribution < -0.4 is 0 Å². The molecule has 1 heterocycles. The summed E-state index contributed by atoms with van der Waals surface area (Å²) < 4.78 is 23.9. The summed E-state index contributed by atoms with van der Waals surface area (Å²) in [5.41, 5.74) is 0.929. The molecule has 0 amide bonds. The van der Waals surface area contributed by atoms with Gasteiger partial charge in [0.25, 0.3) is 0 Å². The van der Waals surface area contributed by atoms with Gasteiger partial charge in [0.2, 0.25) is 0 Å². The zero-order chi connectivity index (χ0) is 13.1. The number of benzene rings is 1. The normalized spacial score (nSPS) is 36.6. The van der Waals surface area contributed by atoms with Crippen LogP contribution in [0.15, 0.2) is 30.3 Å². The van der Waals surface area contributed by atoms with Crippen LogP contribution in [0.25, 0.3) is 0 Å². The zero-order valence-electron chi connectivity index (χ0n) is 10.1. The van der Waals surface area contributed by atoms with Crippen LogP contribution in [0.3, 0.4) is 0 Å². The van der Waals surface area contributed by atoms with E-state index in [1.54, 1.807) is 6.92 Å². The molecule has 0 aromatic heterocycles. The Hall–Kier alpha value is -1.01. The van der Waals surface area contributed by atoms with Crippen LogP contribution >= 0.6 is 0 Å². The molecule has 5 atom stereocenters. The Bertz CT molecular complexity index is 373. The van der Waals surface area contributed by atoms with E-state index in [1.807, 2.05) is 30.3 Å². The van der Waals surface area contributed by atoms with E-state index >= 15 is 0 Å². The van der Waals surface area contributed by atoms with Gasteiger partial charge in [-0.3, -0.25) is 0 Å². The first-order valence-electron chi connectivity index (χ1n) is 5.91. The minimum atomic E-state index is -1.85. The molecule has 1 aliphatic heterocycles. The zero-order valence-corrected chi connectivity index (χ0v) is 10.1. The van der Waals surface area contributed by atoms with Gasteiger partial charge in [0.15, 0.2) is 12.5 Å². The third kappa shape index (κ3) is 2.87. The Morgan fingerprint density at radius 2 is 1.94 bits per heavy atom. The Kier molecular flexibility index (Phi) is 4.29. The first-order valence-corrected chi connectivity index (χ1v) is 5.91. The topological polar surface area (TPSA) is 58.9 Å². The van der Waals surface area contributed by atoms with Gasteiger partial charge in [-0.05, 0) is 12.5 Å². The number of ether oxygens (including phenoxy) is 2. The van der Waals surface area contributed by atoms with Gasteiger partial charge in [-0.2, -0.15) is 0 Å². The van der Waals surface area contributed by atoms with Gasteiger partial charge in [0.1, 0.15) is 12.2 Å². The lowest BCUT2D eigenvalue weighted by Gasteiger charge is -2.38. The Morgan fingerprint density at radius 1 is 1.28 bits per heavy atom. The summed E-state index contributed by atoms with van der Waals surface area (Å²) in [6.45, 7) is 1.90. The van der Waals surface area contributed by atoms with Crippen molar-refractivity contribution >= 4 is 0 Å². The quantitative estimate of drug-likeness (QED) is 0.847. The molecule has 5 heteroatoms. The molecule has 1 aromatic carbocycles. The van der Waals surface area contributed by atoms with Crippen LogP contribution in [-0.4, -0.2) is 41.0 Å². The summed E-state index contributed by atoms with van der Waals surface area (Å²) in [5, 5.41) is 18.9. The number of aliphatic hydroxyl groups excluding tert-OH is 2. The molecule has 1 fully saturated rings. The molecule has 5 unspecified atom stereocenters. The average Bonchev–Trinajstić information content (AvgIpc) is 2.37. The molecule has 1 saturated heterocycles. The number of alkyl halides is 1. The van der Waals surface area contributed by atoms with Crippen molar-refractivity contribution in [2.45, 2.75) is 44.3 Å². The van der Waals surface area contributed by atoms with Gasteiger partial charge in [-0.1, -0.05) is 30.3 Å².